The summed E-state index contributed by atoms with van der Waals surface area (Å²) in [6.07, 6.45) is 3.97. The smallest absolute Gasteiger partial charge is 0.251 e. The van der Waals surface area contributed by atoms with E-state index in [0.717, 1.165) is 17.4 Å². The van der Waals surface area contributed by atoms with Crippen molar-refractivity contribution in [1.82, 2.24) is 10.2 Å². The molecule has 1 N–H and O–H groups in total. The van der Waals surface area contributed by atoms with Crippen LogP contribution in [0.3, 0.4) is 0 Å². The minimum absolute atomic E-state index is 0.0230. The summed E-state index contributed by atoms with van der Waals surface area (Å²) in [6, 6.07) is 8.65. The maximum atomic E-state index is 11.5. The normalized spacial score (nSPS) is 21.7. The van der Waals surface area contributed by atoms with Crippen molar-refractivity contribution in [3.05, 3.63) is 35.4 Å². The molecule has 2 rings (SSSR count). The largest absolute Gasteiger partial charge is 0.355 e. The van der Waals surface area contributed by atoms with Gasteiger partial charge in [-0.1, -0.05) is 19.1 Å². The van der Waals surface area contributed by atoms with Gasteiger partial charge in [0.2, 0.25) is 0 Å². The van der Waals surface area contributed by atoms with Crippen LogP contribution in [0.1, 0.15) is 42.1 Å². The highest BCUT2D eigenvalue weighted by atomic mass is 32.2. The van der Waals surface area contributed by atoms with Gasteiger partial charge in [0.05, 0.1) is 0 Å². The fourth-order valence-corrected chi connectivity index (χ4v) is 4.16. The molecule has 4 heteroatoms. The van der Waals surface area contributed by atoms with Crippen LogP contribution in [0.15, 0.2) is 24.3 Å². The van der Waals surface area contributed by atoms with E-state index in [9.17, 15) is 4.79 Å². The fourth-order valence-electron chi connectivity index (χ4n) is 3.03. The summed E-state index contributed by atoms with van der Waals surface area (Å²) in [6.45, 7) is 3.21. The minimum atomic E-state index is -0.0230. The highest BCUT2D eigenvalue weighted by molar-refractivity contribution is 7.99. The van der Waals surface area contributed by atoms with Crippen molar-refractivity contribution >= 4 is 17.7 Å². The number of hydrogen-bond acceptors (Lipinski definition) is 3. The topological polar surface area (TPSA) is 32.3 Å². The lowest BCUT2D eigenvalue weighted by molar-refractivity contribution is 0.0963. The van der Waals surface area contributed by atoms with E-state index in [1.54, 1.807) is 7.05 Å². The van der Waals surface area contributed by atoms with E-state index in [1.165, 1.54) is 30.6 Å². The van der Waals surface area contributed by atoms with Crippen molar-refractivity contribution in [2.75, 3.05) is 19.8 Å². The SMILES string of the molecule is CCS[C@@H]1CC[C@H](N(C)Cc2ccc(C(=O)NC)cc2)C1. The van der Waals surface area contributed by atoms with Gasteiger partial charge >= 0.3 is 0 Å². The third-order valence-electron chi connectivity index (χ3n) is 4.26. The first-order chi connectivity index (χ1) is 10.1. The lowest BCUT2D eigenvalue weighted by Gasteiger charge is -2.24. The molecule has 21 heavy (non-hydrogen) atoms. The van der Waals surface area contributed by atoms with E-state index in [-0.39, 0.29) is 5.91 Å². The zero-order valence-electron chi connectivity index (χ0n) is 13.3. The molecule has 1 aliphatic carbocycles. The molecule has 1 aromatic carbocycles. The Balaban J connectivity index is 1.88. The van der Waals surface area contributed by atoms with E-state index in [4.69, 9.17) is 0 Å². The van der Waals surface area contributed by atoms with Gasteiger partial charge < -0.3 is 5.32 Å². The van der Waals surface area contributed by atoms with E-state index < -0.39 is 0 Å². The summed E-state index contributed by atoms with van der Waals surface area (Å²) in [5, 5.41) is 3.50. The lowest BCUT2D eigenvalue weighted by atomic mass is 10.1. The van der Waals surface area contributed by atoms with Gasteiger partial charge in [-0.3, -0.25) is 9.69 Å². The highest BCUT2D eigenvalue weighted by Crippen LogP contribution is 2.32. The van der Waals surface area contributed by atoms with Crippen LogP contribution in [0.2, 0.25) is 0 Å². The fraction of sp³-hybridized carbons (Fsp3) is 0.588. The Labute approximate surface area is 132 Å². The standard InChI is InChI=1S/C17H26N2OS/c1-4-21-16-10-9-15(11-16)19(3)12-13-5-7-14(8-6-13)17(20)18-2/h5-8,15-16H,4,9-12H2,1-3H3,(H,18,20)/t15-,16+/m0/s1. The van der Waals surface area contributed by atoms with Crippen LogP contribution in [0, 0.1) is 0 Å². The predicted octanol–water partition coefficient (Wildman–Crippen LogP) is 3.15. The minimum Gasteiger partial charge on any atom is -0.355 e. The van der Waals surface area contributed by atoms with Crippen molar-refractivity contribution in [2.24, 2.45) is 0 Å². The van der Waals surface area contributed by atoms with Crippen LogP contribution in [0.25, 0.3) is 0 Å². The van der Waals surface area contributed by atoms with Gasteiger partial charge in [0.25, 0.3) is 5.91 Å². The van der Waals surface area contributed by atoms with Gasteiger partial charge in [0.15, 0.2) is 0 Å². The molecule has 0 radical (unpaired) electrons. The van der Waals surface area contributed by atoms with Gasteiger partial charge in [-0.05, 0) is 49.8 Å². The lowest BCUT2D eigenvalue weighted by Crippen LogP contribution is -2.29. The van der Waals surface area contributed by atoms with Crippen LogP contribution in [-0.4, -0.2) is 41.9 Å². The molecule has 1 saturated carbocycles. The molecule has 3 nitrogen and oxygen atoms in total. The quantitative estimate of drug-likeness (QED) is 0.876. The molecule has 0 saturated heterocycles. The Morgan fingerprint density at radius 3 is 2.67 bits per heavy atom. The van der Waals surface area contributed by atoms with Crippen LogP contribution >= 0.6 is 11.8 Å². The first-order valence-electron chi connectivity index (χ1n) is 7.77. The molecular weight excluding hydrogens is 280 g/mol. The third kappa shape index (κ3) is 4.48. The number of rotatable bonds is 6. The molecule has 0 aromatic heterocycles. The van der Waals surface area contributed by atoms with Gasteiger partial charge in [-0.15, -0.1) is 0 Å². The Hall–Kier alpha value is -1.00. The number of amides is 1. The summed E-state index contributed by atoms with van der Waals surface area (Å²) < 4.78 is 0. The second kappa shape index (κ2) is 7.85. The van der Waals surface area contributed by atoms with E-state index in [0.29, 0.717) is 6.04 Å². The van der Waals surface area contributed by atoms with Crippen molar-refractivity contribution in [2.45, 2.75) is 44.0 Å². The molecular formula is C17H26N2OS. The Bertz CT molecular complexity index is 460. The van der Waals surface area contributed by atoms with Crippen molar-refractivity contribution in [3.8, 4) is 0 Å². The average Bonchev–Trinajstić information content (AvgIpc) is 2.96. The summed E-state index contributed by atoms with van der Waals surface area (Å²) in [7, 11) is 3.88. The zero-order chi connectivity index (χ0) is 15.2. The van der Waals surface area contributed by atoms with Gasteiger partial charge in [-0.2, -0.15) is 11.8 Å². The van der Waals surface area contributed by atoms with Crippen LogP contribution in [0.5, 0.6) is 0 Å². The van der Waals surface area contributed by atoms with E-state index in [1.807, 2.05) is 12.1 Å². The number of carbonyl (C=O) groups is 1. The molecule has 0 bridgehead atoms. The zero-order valence-corrected chi connectivity index (χ0v) is 14.1. The van der Waals surface area contributed by atoms with Crippen LogP contribution in [-0.2, 0) is 6.54 Å². The van der Waals surface area contributed by atoms with Crippen molar-refractivity contribution in [3.63, 3.8) is 0 Å². The maximum absolute atomic E-state index is 11.5. The van der Waals surface area contributed by atoms with E-state index >= 15 is 0 Å². The second-order valence-electron chi connectivity index (χ2n) is 5.74. The Morgan fingerprint density at radius 1 is 1.33 bits per heavy atom. The molecule has 116 valence electrons. The summed E-state index contributed by atoms with van der Waals surface area (Å²) >= 11 is 2.10. The van der Waals surface area contributed by atoms with Crippen molar-refractivity contribution < 1.29 is 4.79 Å². The Morgan fingerprint density at radius 2 is 2.05 bits per heavy atom. The summed E-state index contributed by atoms with van der Waals surface area (Å²) in [5.41, 5.74) is 2.00. The molecule has 2 atom stereocenters. The van der Waals surface area contributed by atoms with Crippen LogP contribution < -0.4 is 5.32 Å². The maximum Gasteiger partial charge on any atom is 0.251 e. The second-order valence-corrected chi connectivity index (χ2v) is 7.31. The third-order valence-corrected chi connectivity index (χ3v) is 5.49. The van der Waals surface area contributed by atoms with Gasteiger partial charge in [0, 0.05) is 30.4 Å². The molecule has 0 spiro atoms. The molecule has 1 fully saturated rings. The predicted molar refractivity (Wildman–Crippen MR) is 90.9 cm³/mol. The first kappa shape index (κ1) is 16.4. The number of nitrogens with one attached hydrogen (secondary N) is 1. The first-order valence-corrected chi connectivity index (χ1v) is 8.81. The molecule has 0 unspecified atom stereocenters. The van der Waals surface area contributed by atoms with Gasteiger partial charge in [-0.25, -0.2) is 0 Å². The number of hydrogen-bond donors (Lipinski definition) is 1. The number of carbonyl (C=O) groups excluding carboxylic acids is 1. The van der Waals surface area contributed by atoms with E-state index in [2.05, 4.69) is 48.1 Å². The number of benzene rings is 1. The molecule has 1 amide bonds. The number of nitrogens with zero attached hydrogens (tertiary/aromatic N) is 1. The average molecular weight is 306 g/mol. The molecule has 0 aliphatic heterocycles. The number of thioether (sulfide) groups is 1. The van der Waals surface area contributed by atoms with Crippen LogP contribution in [0.4, 0.5) is 0 Å². The summed E-state index contributed by atoms with van der Waals surface area (Å²) in [5.74, 6) is 1.20. The summed E-state index contributed by atoms with van der Waals surface area (Å²) in [4.78, 5) is 14.0. The van der Waals surface area contributed by atoms with Gasteiger partial charge in [0.1, 0.15) is 0 Å². The molecule has 1 aromatic rings. The molecule has 1 aliphatic rings. The highest BCUT2D eigenvalue weighted by Gasteiger charge is 2.27. The Kier molecular flexibility index (Phi) is 6.12. The monoisotopic (exact) mass is 306 g/mol. The van der Waals surface area contributed by atoms with Crippen molar-refractivity contribution in [1.29, 1.82) is 0 Å². The molecule has 0 heterocycles.